The third-order valence-corrected chi connectivity index (χ3v) is 4.71. The monoisotopic (exact) mass is 324 g/mol. The molecule has 0 spiro atoms. The van der Waals surface area contributed by atoms with E-state index in [9.17, 15) is 9.90 Å². The molecule has 0 aliphatic heterocycles. The van der Waals surface area contributed by atoms with Crippen LogP contribution < -0.4 is 34.7 Å². The molecule has 2 aromatic rings. The summed E-state index contributed by atoms with van der Waals surface area (Å²) >= 11 is 1.86. The summed E-state index contributed by atoms with van der Waals surface area (Å²) in [6, 6.07) is 15.0. The molecule has 4 heteroatoms. The second-order valence-corrected chi connectivity index (χ2v) is 6.54. The number of benzene rings is 1. The molecule has 0 atom stereocenters. The third-order valence-electron chi connectivity index (χ3n) is 3.50. The topological polar surface area (TPSA) is 40.1 Å². The van der Waals surface area contributed by atoms with Gasteiger partial charge in [0.15, 0.2) is 0 Å². The molecule has 0 aliphatic rings. The molecule has 0 unspecified atom stereocenters. The van der Waals surface area contributed by atoms with Gasteiger partial charge in [-0.3, -0.25) is 0 Å². The number of carbonyl (C=O) groups excluding carboxylic acids is 1. The van der Waals surface area contributed by atoms with Crippen molar-refractivity contribution in [3.63, 3.8) is 0 Å². The van der Waals surface area contributed by atoms with Crippen LogP contribution >= 0.6 is 11.3 Å². The molecule has 0 radical (unpaired) electrons. The minimum absolute atomic E-state index is 0. The maximum atomic E-state index is 10.3. The van der Waals surface area contributed by atoms with Gasteiger partial charge < -0.3 is 9.90 Å². The SMILES string of the molecule is O=C([O-])CCCCc1ccc(CCCc2ccccc2)s1.[Na+]. The Morgan fingerprint density at radius 1 is 0.864 bits per heavy atom. The third kappa shape index (κ3) is 7.59. The maximum absolute atomic E-state index is 10.3. The van der Waals surface area contributed by atoms with Crippen molar-refractivity contribution < 1.29 is 39.5 Å². The van der Waals surface area contributed by atoms with Gasteiger partial charge >= 0.3 is 29.6 Å². The smallest absolute Gasteiger partial charge is 0.550 e. The number of unbranched alkanes of at least 4 members (excludes halogenated alkanes) is 1. The van der Waals surface area contributed by atoms with Crippen LogP contribution in [-0.4, -0.2) is 5.97 Å². The Balaban J connectivity index is 0.00000242. The minimum atomic E-state index is -0.942. The molecule has 1 heterocycles. The first kappa shape index (κ1) is 19.4. The molecule has 0 aliphatic carbocycles. The summed E-state index contributed by atoms with van der Waals surface area (Å²) < 4.78 is 0. The first-order valence-electron chi connectivity index (χ1n) is 7.55. The van der Waals surface area contributed by atoms with E-state index in [2.05, 4.69) is 42.5 Å². The van der Waals surface area contributed by atoms with Crippen LogP contribution in [0.5, 0.6) is 0 Å². The zero-order valence-corrected chi connectivity index (χ0v) is 16.0. The van der Waals surface area contributed by atoms with Gasteiger partial charge in [-0.25, -0.2) is 0 Å². The predicted octanol–water partition coefficient (Wildman–Crippen LogP) is 0.390. The summed E-state index contributed by atoms with van der Waals surface area (Å²) in [6.07, 6.45) is 6.22. The van der Waals surface area contributed by atoms with Gasteiger partial charge in [-0.1, -0.05) is 30.3 Å². The average molecular weight is 324 g/mol. The number of hydrogen-bond donors (Lipinski definition) is 0. The van der Waals surface area contributed by atoms with E-state index in [0.29, 0.717) is 6.42 Å². The molecule has 2 nitrogen and oxygen atoms in total. The van der Waals surface area contributed by atoms with Gasteiger partial charge in [0.2, 0.25) is 0 Å². The molecular formula is C18H21NaO2S. The number of hydrogen-bond acceptors (Lipinski definition) is 3. The second kappa shape index (κ2) is 11.0. The molecule has 1 aromatic carbocycles. The van der Waals surface area contributed by atoms with Crippen molar-refractivity contribution in [3.05, 3.63) is 57.8 Å². The van der Waals surface area contributed by atoms with Crippen molar-refractivity contribution >= 4 is 17.3 Å². The number of carboxylic acid groups (broad SMARTS) is 1. The molecule has 0 bridgehead atoms. The van der Waals surface area contributed by atoms with E-state index < -0.39 is 5.97 Å². The normalized spacial score (nSPS) is 10.2. The van der Waals surface area contributed by atoms with Gasteiger partial charge in [-0.15, -0.1) is 11.3 Å². The van der Waals surface area contributed by atoms with E-state index in [1.807, 2.05) is 11.3 Å². The fourth-order valence-electron chi connectivity index (χ4n) is 2.37. The minimum Gasteiger partial charge on any atom is -0.550 e. The van der Waals surface area contributed by atoms with Crippen molar-refractivity contribution in [1.29, 1.82) is 0 Å². The molecule has 1 aromatic heterocycles. The molecule has 0 amide bonds. The quantitative estimate of drug-likeness (QED) is 0.494. The van der Waals surface area contributed by atoms with Gasteiger partial charge in [0.05, 0.1) is 0 Å². The average Bonchev–Trinajstić information content (AvgIpc) is 2.92. The fourth-order valence-corrected chi connectivity index (χ4v) is 3.47. The first-order valence-corrected chi connectivity index (χ1v) is 8.37. The van der Waals surface area contributed by atoms with Gasteiger partial charge in [0, 0.05) is 15.7 Å². The summed E-state index contributed by atoms with van der Waals surface area (Å²) in [6.45, 7) is 0. The largest absolute Gasteiger partial charge is 1.00 e. The van der Waals surface area contributed by atoms with Crippen LogP contribution in [-0.2, 0) is 24.1 Å². The molecule has 0 N–H and O–H groups in total. The molecule has 0 saturated heterocycles. The molecular weight excluding hydrogens is 303 g/mol. The van der Waals surface area contributed by atoms with E-state index in [1.54, 1.807) is 0 Å². The second-order valence-electron chi connectivity index (χ2n) is 5.29. The Bertz CT molecular complexity index is 551. The predicted molar refractivity (Wildman–Crippen MR) is 85.3 cm³/mol. The van der Waals surface area contributed by atoms with E-state index in [1.165, 1.54) is 21.7 Å². The van der Waals surface area contributed by atoms with E-state index >= 15 is 0 Å². The van der Waals surface area contributed by atoms with Crippen molar-refractivity contribution in [2.75, 3.05) is 0 Å². The maximum Gasteiger partial charge on any atom is 1.00 e. The molecule has 0 saturated carbocycles. The van der Waals surface area contributed by atoms with Gasteiger partial charge in [-0.2, -0.15) is 0 Å². The van der Waals surface area contributed by atoms with Gasteiger partial charge in [-0.05, 0) is 62.6 Å². The number of carboxylic acids is 1. The number of rotatable bonds is 9. The Morgan fingerprint density at radius 3 is 2.14 bits per heavy atom. The van der Waals surface area contributed by atoms with Crippen LogP contribution in [0.3, 0.4) is 0 Å². The summed E-state index contributed by atoms with van der Waals surface area (Å²) in [5, 5.41) is 10.3. The number of thiophene rings is 1. The summed E-state index contributed by atoms with van der Waals surface area (Å²) in [4.78, 5) is 13.1. The Labute approximate surface area is 158 Å². The van der Waals surface area contributed by atoms with Crippen molar-refractivity contribution in [2.24, 2.45) is 0 Å². The van der Waals surface area contributed by atoms with E-state index in [0.717, 1.165) is 25.7 Å². The van der Waals surface area contributed by atoms with Crippen LogP contribution in [0.25, 0.3) is 0 Å². The standard InChI is InChI=1S/C18H22O2S.Na/c19-18(20)12-5-4-10-16-13-14-17(21-16)11-6-9-15-7-2-1-3-8-15;/h1-3,7-8,13-14H,4-6,9-12H2,(H,19,20);/q;+1/p-1. The van der Waals surface area contributed by atoms with E-state index in [-0.39, 0.29) is 36.0 Å². The van der Waals surface area contributed by atoms with Crippen molar-refractivity contribution in [3.8, 4) is 0 Å². The summed E-state index contributed by atoms with van der Waals surface area (Å²) in [5.74, 6) is -0.942. The Morgan fingerprint density at radius 2 is 1.50 bits per heavy atom. The molecule has 0 fully saturated rings. The van der Waals surface area contributed by atoms with Gasteiger partial charge in [0.25, 0.3) is 0 Å². The fraction of sp³-hybridized carbons (Fsp3) is 0.389. The van der Waals surface area contributed by atoms with Crippen molar-refractivity contribution in [1.82, 2.24) is 0 Å². The summed E-state index contributed by atoms with van der Waals surface area (Å²) in [7, 11) is 0. The summed E-state index contributed by atoms with van der Waals surface area (Å²) in [5.41, 5.74) is 1.40. The Kier molecular flexibility index (Phi) is 9.73. The van der Waals surface area contributed by atoms with Crippen molar-refractivity contribution in [2.45, 2.75) is 44.9 Å². The van der Waals surface area contributed by atoms with Crippen LogP contribution in [0, 0.1) is 0 Å². The van der Waals surface area contributed by atoms with Gasteiger partial charge in [0.1, 0.15) is 0 Å². The van der Waals surface area contributed by atoms with Crippen LogP contribution in [0.2, 0.25) is 0 Å². The zero-order valence-electron chi connectivity index (χ0n) is 13.2. The molecule has 112 valence electrons. The van der Waals surface area contributed by atoms with Crippen LogP contribution in [0.15, 0.2) is 42.5 Å². The van der Waals surface area contributed by atoms with E-state index in [4.69, 9.17) is 0 Å². The zero-order chi connectivity index (χ0) is 14.9. The van der Waals surface area contributed by atoms with Crippen LogP contribution in [0.4, 0.5) is 0 Å². The number of carbonyl (C=O) groups is 1. The first-order chi connectivity index (χ1) is 10.2. The molecule has 22 heavy (non-hydrogen) atoms. The van der Waals surface area contributed by atoms with Crippen LogP contribution in [0.1, 0.15) is 41.0 Å². The number of aliphatic carboxylic acids is 1. The Hall–Kier alpha value is -0.610. The molecule has 2 rings (SSSR count). The number of aryl methyl sites for hydroxylation is 3.